The highest BCUT2D eigenvalue weighted by molar-refractivity contribution is 8.00. The number of nitriles is 1. The van der Waals surface area contributed by atoms with Gasteiger partial charge >= 0.3 is 0 Å². The number of para-hydroxylation sites is 2. The van der Waals surface area contributed by atoms with Crippen molar-refractivity contribution in [3.63, 3.8) is 0 Å². The first-order chi connectivity index (χ1) is 17.0. The molecule has 0 spiro atoms. The lowest BCUT2D eigenvalue weighted by Crippen LogP contribution is -2.22. The van der Waals surface area contributed by atoms with Gasteiger partial charge in [-0.1, -0.05) is 18.2 Å². The van der Waals surface area contributed by atoms with E-state index in [0.717, 1.165) is 47.5 Å². The van der Waals surface area contributed by atoms with Crippen molar-refractivity contribution in [2.75, 3.05) is 23.1 Å². The summed E-state index contributed by atoms with van der Waals surface area (Å²) in [6, 6.07) is 17.6. The number of anilines is 3. The Morgan fingerprint density at radius 2 is 1.94 bits per heavy atom. The normalized spacial score (nSPS) is 13.2. The molecule has 0 saturated heterocycles. The molecule has 3 aromatic rings. The molecule has 6 nitrogen and oxygen atoms in total. The first-order valence-electron chi connectivity index (χ1n) is 11.3. The lowest BCUT2D eigenvalue weighted by Gasteiger charge is -2.15. The van der Waals surface area contributed by atoms with Crippen LogP contribution in [0.2, 0.25) is 0 Å². The molecule has 1 heterocycles. The number of thiophene rings is 1. The van der Waals surface area contributed by atoms with Gasteiger partial charge < -0.3 is 20.7 Å². The zero-order valence-electron chi connectivity index (χ0n) is 19.5. The first kappa shape index (κ1) is 25.0. The molecule has 0 saturated carbocycles. The quantitative estimate of drug-likeness (QED) is 0.243. The molecule has 2 aromatic carbocycles. The fourth-order valence-electron chi connectivity index (χ4n) is 3.92. The Morgan fingerprint density at radius 3 is 2.74 bits per heavy atom. The summed E-state index contributed by atoms with van der Waals surface area (Å²) < 4.78 is 5.35. The number of hydrogen-bond acceptors (Lipinski definition) is 6. The Labute approximate surface area is 219 Å². The van der Waals surface area contributed by atoms with Crippen molar-refractivity contribution < 1.29 is 9.53 Å². The van der Waals surface area contributed by atoms with Crippen molar-refractivity contribution in [1.29, 1.82) is 5.26 Å². The Balaban J connectivity index is 1.37. The van der Waals surface area contributed by atoms with E-state index in [4.69, 9.17) is 17.0 Å². The Kier molecular flexibility index (Phi) is 8.29. The van der Waals surface area contributed by atoms with E-state index in [2.05, 4.69) is 22.0 Å². The van der Waals surface area contributed by atoms with Crippen LogP contribution in [0.15, 0.2) is 53.4 Å². The van der Waals surface area contributed by atoms with Crippen molar-refractivity contribution in [3.8, 4) is 11.8 Å². The second kappa shape index (κ2) is 11.6. The molecule has 1 amide bonds. The number of thiocarbonyl (C=S) groups is 1. The van der Waals surface area contributed by atoms with Crippen LogP contribution in [-0.4, -0.2) is 23.4 Å². The molecule has 0 bridgehead atoms. The summed E-state index contributed by atoms with van der Waals surface area (Å²) in [5.74, 6) is 0.587. The van der Waals surface area contributed by atoms with Gasteiger partial charge in [0.15, 0.2) is 5.11 Å². The summed E-state index contributed by atoms with van der Waals surface area (Å²) in [5.41, 5.74) is 3.34. The van der Waals surface area contributed by atoms with E-state index >= 15 is 0 Å². The number of nitrogens with zero attached hydrogens (tertiary/aromatic N) is 1. The molecule has 1 aliphatic carbocycles. The summed E-state index contributed by atoms with van der Waals surface area (Å²) in [4.78, 5) is 15.1. The standard InChI is InChI=1S/C26H26N4O2S3/c1-16(24(31)30-25-20(15-27)19-10-3-6-13-23(19)35-25)34-18-9-7-8-17(14-18)28-26(33)29-21-11-4-5-12-22(21)32-2/h4-5,7-9,11-12,14,16H,3,6,10,13H2,1-2H3,(H,30,31)(H2,28,29,33). The number of aryl methyl sites for hydroxylation is 1. The van der Waals surface area contributed by atoms with E-state index < -0.39 is 0 Å². The second-order valence-electron chi connectivity index (χ2n) is 8.08. The maximum Gasteiger partial charge on any atom is 0.238 e. The van der Waals surface area contributed by atoms with Crippen molar-refractivity contribution in [3.05, 3.63) is 64.5 Å². The maximum atomic E-state index is 12.9. The van der Waals surface area contributed by atoms with E-state index in [-0.39, 0.29) is 11.2 Å². The zero-order valence-corrected chi connectivity index (χ0v) is 22.0. The van der Waals surface area contributed by atoms with Gasteiger partial charge in [-0.3, -0.25) is 4.79 Å². The van der Waals surface area contributed by atoms with Crippen LogP contribution in [0.4, 0.5) is 16.4 Å². The molecule has 0 radical (unpaired) electrons. The van der Waals surface area contributed by atoms with Gasteiger partial charge in [-0.15, -0.1) is 23.1 Å². The second-order valence-corrected chi connectivity index (χ2v) is 11.0. The van der Waals surface area contributed by atoms with Gasteiger partial charge in [-0.25, -0.2) is 0 Å². The van der Waals surface area contributed by atoms with Gasteiger partial charge in [0.25, 0.3) is 0 Å². The van der Waals surface area contributed by atoms with Gasteiger partial charge in [0.2, 0.25) is 5.91 Å². The lowest BCUT2D eigenvalue weighted by atomic mass is 9.96. The van der Waals surface area contributed by atoms with Crippen LogP contribution < -0.4 is 20.7 Å². The molecular weight excluding hydrogens is 497 g/mol. The van der Waals surface area contributed by atoms with Gasteiger partial charge in [-0.05, 0) is 80.7 Å². The highest BCUT2D eigenvalue weighted by Gasteiger charge is 2.23. The highest BCUT2D eigenvalue weighted by atomic mass is 32.2. The van der Waals surface area contributed by atoms with E-state index in [1.54, 1.807) is 18.4 Å². The fourth-order valence-corrected chi connectivity index (χ4v) is 6.32. The highest BCUT2D eigenvalue weighted by Crippen LogP contribution is 2.38. The molecule has 3 N–H and O–H groups in total. The molecular formula is C26H26N4O2S3. The summed E-state index contributed by atoms with van der Waals surface area (Å²) in [6.07, 6.45) is 4.14. The third kappa shape index (κ3) is 6.14. The van der Waals surface area contributed by atoms with E-state index in [9.17, 15) is 10.1 Å². The fraction of sp³-hybridized carbons (Fsp3) is 0.269. The van der Waals surface area contributed by atoms with Crippen molar-refractivity contribution >= 4 is 62.7 Å². The van der Waals surface area contributed by atoms with Crippen LogP contribution in [-0.2, 0) is 17.6 Å². The van der Waals surface area contributed by atoms with Crippen LogP contribution in [0.1, 0.15) is 35.8 Å². The number of fused-ring (bicyclic) bond motifs is 1. The van der Waals surface area contributed by atoms with Crippen molar-refractivity contribution in [2.24, 2.45) is 0 Å². The predicted octanol–water partition coefficient (Wildman–Crippen LogP) is 6.44. The number of carbonyl (C=O) groups excluding carboxylic acids is 1. The van der Waals surface area contributed by atoms with Crippen molar-refractivity contribution in [2.45, 2.75) is 42.8 Å². The summed E-state index contributed by atoms with van der Waals surface area (Å²) in [6.45, 7) is 1.87. The molecule has 4 rings (SSSR count). The number of carbonyl (C=O) groups is 1. The van der Waals surface area contributed by atoms with E-state index in [0.29, 0.717) is 21.4 Å². The smallest absolute Gasteiger partial charge is 0.238 e. The average molecular weight is 523 g/mol. The van der Waals surface area contributed by atoms with Gasteiger partial charge in [0.1, 0.15) is 16.8 Å². The van der Waals surface area contributed by atoms with Crippen LogP contribution in [0.25, 0.3) is 0 Å². The van der Waals surface area contributed by atoms with Crippen molar-refractivity contribution in [1.82, 2.24) is 0 Å². The van der Waals surface area contributed by atoms with Gasteiger partial charge in [-0.2, -0.15) is 5.26 Å². The number of nitrogens with one attached hydrogen (secondary N) is 3. The number of methoxy groups -OCH3 is 1. The Hall–Kier alpha value is -3.06. The minimum atomic E-state index is -0.338. The molecule has 180 valence electrons. The summed E-state index contributed by atoms with van der Waals surface area (Å²) in [7, 11) is 1.61. The molecule has 35 heavy (non-hydrogen) atoms. The Morgan fingerprint density at radius 1 is 1.14 bits per heavy atom. The number of hydrogen-bond donors (Lipinski definition) is 3. The Bertz CT molecular complexity index is 1280. The molecule has 0 aliphatic heterocycles. The summed E-state index contributed by atoms with van der Waals surface area (Å²) >= 11 is 8.46. The maximum absolute atomic E-state index is 12.9. The van der Waals surface area contributed by atoms with E-state index in [1.165, 1.54) is 16.6 Å². The topological polar surface area (TPSA) is 86.2 Å². The molecule has 1 aliphatic rings. The molecule has 9 heteroatoms. The lowest BCUT2D eigenvalue weighted by molar-refractivity contribution is -0.115. The molecule has 1 unspecified atom stereocenters. The van der Waals surface area contributed by atoms with Gasteiger partial charge in [0, 0.05) is 15.5 Å². The van der Waals surface area contributed by atoms with Gasteiger partial charge in [0.05, 0.1) is 23.6 Å². The predicted molar refractivity (Wildman–Crippen MR) is 149 cm³/mol. The number of amides is 1. The molecule has 1 atom stereocenters. The van der Waals surface area contributed by atoms with Crippen LogP contribution >= 0.6 is 35.3 Å². The number of ether oxygens (including phenoxy) is 1. The zero-order chi connectivity index (χ0) is 24.8. The number of benzene rings is 2. The minimum Gasteiger partial charge on any atom is -0.495 e. The minimum absolute atomic E-state index is 0.114. The van der Waals surface area contributed by atoms with Crippen LogP contribution in [0.5, 0.6) is 5.75 Å². The largest absolute Gasteiger partial charge is 0.495 e. The monoisotopic (exact) mass is 522 g/mol. The number of rotatable bonds is 7. The number of thioether (sulfide) groups is 1. The third-order valence-electron chi connectivity index (χ3n) is 5.65. The van der Waals surface area contributed by atoms with Crippen LogP contribution in [0, 0.1) is 11.3 Å². The average Bonchev–Trinajstić information content (AvgIpc) is 3.21. The molecule has 0 fully saturated rings. The summed E-state index contributed by atoms with van der Waals surface area (Å²) in [5, 5.41) is 19.8. The van der Waals surface area contributed by atoms with Crippen LogP contribution in [0.3, 0.4) is 0 Å². The van der Waals surface area contributed by atoms with E-state index in [1.807, 2.05) is 55.5 Å². The first-order valence-corrected chi connectivity index (χ1v) is 13.4. The molecule has 1 aromatic heterocycles. The third-order valence-corrected chi connectivity index (χ3v) is 8.15. The SMILES string of the molecule is COc1ccccc1NC(=S)Nc1cccc(SC(C)C(=O)Nc2sc3c(c2C#N)CCCC3)c1.